The fraction of sp³-hybridized carbons (Fsp3) is 0.714. The molecule has 8 nitrogen and oxygen atoms in total. The number of ether oxygens (including phenoxy) is 3. The normalized spacial score (nSPS) is 33.3. The van der Waals surface area contributed by atoms with Gasteiger partial charge in [-0.2, -0.15) is 0 Å². The first-order chi connectivity index (χ1) is 10.0. The van der Waals surface area contributed by atoms with Crippen LogP contribution in [0.15, 0.2) is 0 Å². The van der Waals surface area contributed by atoms with Crippen LogP contribution in [-0.4, -0.2) is 53.2 Å². The van der Waals surface area contributed by atoms with Crippen molar-refractivity contribution in [2.24, 2.45) is 5.92 Å². The second-order valence-corrected chi connectivity index (χ2v) is 5.49. The lowest BCUT2D eigenvalue weighted by atomic mass is 9.81. The molecule has 8 heteroatoms. The summed E-state index contributed by atoms with van der Waals surface area (Å²) in [6.07, 6.45) is -1.40. The molecule has 1 aliphatic rings. The minimum absolute atomic E-state index is 0.462. The van der Waals surface area contributed by atoms with E-state index in [9.17, 15) is 24.3 Å². The molecule has 124 valence electrons. The second-order valence-electron chi connectivity index (χ2n) is 5.49. The maximum Gasteiger partial charge on any atom is 0.345 e. The lowest BCUT2D eigenvalue weighted by molar-refractivity contribution is -0.239. The molecule has 0 saturated carbocycles. The molecule has 1 N–H and O–H groups in total. The summed E-state index contributed by atoms with van der Waals surface area (Å²) in [7, 11) is 1.02. The van der Waals surface area contributed by atoms with Crippen molar-refractivity contribution in [3.8, 4) is 0 Å². The van der Waals surface area contributed by atoms with Crippen molar-refractivity contribution in [2.45, 2.75) is 51.6 Å². The molecule has 1 heterocycles. The zero-order chi connectivity index (χ0) is 17.3. The van der Waals surface area contributed by atoms with E-state index in [2.05, 4.69) is 4.74 Å². The van der Waals surface area contributed by atoms with E-state index in [1.54, 1.807) is 13.8 Å². The van der Waals surface area contributed by atoms with Crippen molar-refractivity contribution >= 4 is 23.5 Å². The Bertz CT molecular complexity index is 509. The zero-order valence-electron chi connectivity index (χ0n) is 13.2. The number of Topliss-reactive ketones (excluding diaryl/α,β-unsaturated/α-hetero) is 2. The first kappa shape index (κ1) is 18.2. The van der Waals surface area contributed by atoms with Crippen LogP contribution in [0.25, 0.3) is 0 Å². The maximum atomic E-state index is 12.2. The van der Waals surface area contributed by atoms with Crippen molar-refractivity contribution in [3.05, 3.63) is 0 Å². The molecule has 0 aromatic carbocycles. The van der Waals surface area contributed by atoms with Crippen LogP contribution in [0.5, 0.6) is 0 Å². The Morgan fingerprint density at radius 1 is 1.36 bits per heavy atom. The summed E-state index contributed by atoms with van der Waals surface area (Å²) in [4.78, 5) is 47.8. The Morgan fingerprint density at radius 2 is 1.91 bits per heavy atom. The summed E-state index contributed by atoms with van der Waals surface area (Å²) in [5, 5.41) is 10.1. The number of ketones is 2. The minimum Gasteiger partial charge on any atom is -0.467 e. The molecule has 1 saturated heterocycles. The van der Waals surface area contributed by atoms with Gasteiger partial charge in [0.2, 0.25) is 17.2 Å². The molecule has 0 spiro atoms. The van der Waals surface area contributed by atoms with E-state index in [1.165, 1.54) is 0 Å². The molecule has 1 aliphatic heterocycles. The molecule has 0 aromatic heterocycles. The van der Waals surface area contributed by atoms with Crippen LogP contribution in [0.3, 0.4) is 0 Å². The highest BCUT2D eigenvalue weighted by atomic mass is 16.7. The molecule has 1 unspecified atom stereocenters. The van der Waals surface area contributed by atoms with Crippen LogP contribution in [0.2, 0.25) is 0 Å². The smallest absolute Gasteiger partial charge is 0.345 e. The number of hydrogen-bond acceptors (Lipinski definition) is 8. The van der Waals surface area contributed by atoms with Gasteiger partial charge < -0.3 is 19.3 Å². The Balaban J connectivity index is 3.15. The standard InChI is InChI=1S/C14H20O8/c1-6-7(2)9(16)21-10-8(15)13(3,19)11(17)14(4,22-10)12(18)20-5/h7,10,19H,6H2,1-5H3/t7?,10-,13+,14-/m1/s1. The van der Waals surface area contributed by atoms with E-state index in [0.717, 1.165) is 21.0 Å². The van der Waals surface area contributed by atoms with E-state index in [0.29, 0.717) is 6.42 Å². The van der Waals surface area contributed by atoms with Crippen LogP contribution in [0.4, 0.5) is 0 Å². The highest BCUT2D eigenvalue weighted by Gasteiger charge is 2.63. The number of esters is 2. The molecule has 1 fully saturated rings. The number of aliphatic hydroxyl groups is 1. The van der Waals surface area contributed by atoms with Gasteiger partial charge in [-0.05, 0) is 20.3 Å². The number of hydrogen-bond donors (Lipinski definition) is 1. The van der Waals surface area contributed by atoms with E-state index < -0.39 is 46.9 Å². The fourth-order valence-electron chi connectivity index (χ4n) is 1.93. The summed E-state index contributed by atoms with van der Waals surface area (Å²) in [6.45, 7) is 5.30. The molecule has 0 aliphatic carbocycles. The Kier molecular flexibility index (Phi) is 5.09. The van der Waals surface area contributed by atoms with Crippen molar-refractivity contribution in [1.82, 2.24) is 0 Å². The topological polar surface area (TPSA) is 116 Å². The van der Waals surface area contributed by atoms with Gasteiger partial charge in [0.15, 0.2) is 5.60 Å². The Labute approximate surface area is 127 Å². The van der Waals surface area contributed by atoms with Crippen molar-refractivity contribution in [1.29, 1.82) is 0 Å². The summed E-state index contributed by atoms with van der Waals surface area (Å²) in [5.41, 5.74) is -4.77. The molecule has 0 bridgehead atoms. The van der Waals surface area contributed by atoms with Crippen molar-refractivity contribution in [3.63, 3.8) is 0 Å². The van der Waals surface area contributed by atoms with Crippen molar-refractivity contribution < 1.29 is 38.5 Å². The predicted molar refractivity (Wildman–Crippen MR) is 71.5 cm³/mol. The van der Waals surface area contributed by atoms with Gasteiger partial charge in [-0.15, -0.1) is 0 Å². The quantitative estimate of drug-likeness (QED) is 0.557. The van der Waals surface area contributed by atoms with Crippen LogP contribution in [0.1, 0.15) is 34.1 Å². The molecule has 1 rings (SSSR count). The molecule has 4 atom stereocenters. The first-order valence-corrected chi connectivity index (χ1v) is 6.80. The van der Waals surface area contributed by atoms with Gasteiger partial charge >= 0.3 is 11.9 Å². The molecule has 0 amide bonds. The van der Waals surface area contributed by atoms with Gasteiger partial charge in [0.1, 0.15) is 0 Å². The van der Waals surface area contributed by atoms with Gasteiger partial charge in [0.25, 0.3) is 6.29 Å². The van der Waals surface area contributed by atoms with Crippen LogP contribution >= 0.6 is 0 Å². The second kappa shape index (κ2) is 6.13. The van der Waals surface area contributed by atoms with Gasteiger partial charge in [-0.1, -0.05) is 13.8 Å². The molecule has 22 heavy (non-hydrogen) atoms. The van der Waals surface area contributed by atoms with Gasteiger partial charge in [-0.25, -0.2) is 4.79 Å². The van der Waals surface area contributed by atoms with E-state index in [-0.39, 0.29) is 0 Å². The summed E-state index contributed by atoms with van der Waals surface area (Å²) in [5.74, 6) is -4.67. The third-order valence-corrected chi connectivity index (χ3v) is 3.72. The Morgan fingerprint density at radius 3 is 2.36 bits per heavy atom. The lowest BCUT2D eigenvalue weighted by Gasteiger charge is -2.40. The van der Waals surface area contributed by atoms with E-state index in [1.807, 2.05) is 0 Å². The largest absolute Gasteiger partial charge is 0.467 e. The average Bonchev–Trinajstić information content (AvgIpc) is 2.49. The number of carbonyl (C=O) groups is 4. The summed E-state index contributed by atoms with van der Waals surface area (Å²) < 4.78 is 14.4. The highest BCUT2D eigenvalue weighted by molar-refractivity contribution is 6.22. The SMILES string of the molecule is CCC(C)C(=O)O[C@@H]1O[C@@](C)(C(=O)OC)C(=O)[C@@](C)(O)C1=O. The van der Waals surface area contributed by atoms with Crippen LogP contribution in [0, 0.1) is 5.92 Å². The monoisotopic (exact) mass is 316 g/mol. The summed E-state index contributed by atoms with van der Waals surface area (Å²) in [6, 6.07) is 0. The predicted octanol–water partition coefficient (Wildman–Crippen LogP) is -0.247. The highest BCUT2D eigenvalue weighted by Crippen LogP contribution is 2.32. The van der Waals surface area contributed by atoms with Crippen LogP contribution < -0.4 is 0 Å². The van der Waals surface area contributed by atoms with Gasteiger partial charge in [0, 0.05) is 0 Å². The van der Waals surface area contributed by atoms with E-state index >= 15 is 0 Å². The molecular weight excluding hydrogens is 296 g/mol. The molecule has 0 aromatic rings. The molecule has 0 radical (unpaired) electrons. The number of methoxy groups -OCH3 is 1. The van der Waals surface area contributed by atoms with Gasteiger partial charge in [0.05, 0.1) is 13.0 Å². The van der Waals surface area contributed by atoms with Gasteiger partial charge in [-0.3, -0.25) is 14.4 Å². The first-order valence-electron chi connectivity index (χ1n) is 6.80. The third kappa shape index (κ3) is 2.89. The lowest BCUT2D eigenvalue weighted by Crippen LogP contribution is -2.68. The third-order valence-electron chi connectivity index (χ3n) is 3.72. The maximum absolute atomic E-state index is 12.2. The Hall–Kier alpha value is -1.80. The zero-order valence-corrected chi connectivity index (χ0v) is 13.2. The van der Waals surface area contributed by atoms with E-state index in [4.69, 9.17) is 9.47 Å². The van der Waals surface area contributed by atoms with Crippen LogP contribution in [-0.2, 0) is 33.4 Å². The average molecular weight is 316 g/mol. The minimum atomic E-state index is -2.53. The van der Waals surface area contributed by atoms with Crippen molar-refractivity contribution in [2.75, 3.05) is 7.11 Å². The summed E-state index contributed by atoms with van der Waals surface area (Å²) >= 11 is 0. The molecular formula is C14H20O8. The number of rotatable bonds is 4. The fourth-order valence-corrected chi connectivity index (χ4v) is 1.93. The number of carbonyl (C=O) groups excluding carboxylic acids is 4.